The lowest BCUT2D eigenvalue weighted by Gasteiger charge is -2.30. The summed E-state index contributed by atoms with van der Waals surface area (Å²) in [5.74, 6) is -1.65. The van der Waals surface area contributed by atoms with E-state index >= 15 is 0 Å². The standard InChI is InChI=1S/C22H24N2O4/c1-5-27-20(25)18(14-23)9-7-16-11-17(13-22(3,4)12-16)8-10-19(15-24)21(26)28-6-2/h1,7-11,19,21,26H,6,12-13H2,2-4H3. The van der Waals surface area contributed by atoms with Crippen molar-refractivity contribution in [3.63, 3.8) is 0 Å². The van der Waals surface area contributed by atoms with Gasteiger partial charge in [0.25, 0.3) is 0 Å². The molecule has 0 spiro atoms. The molecule has 0 aromatic carbocycles. The van der Waals surface area contributed by atoms with E-state index in [-0.39, 0.29) is 11.0 Å². The van der Waals surface area contributed by atoms with Crippen molar-refractivity contribution in [2.45, 2.75) is 39.9 Å². The van der Waals surface area contributed by atoms with Gasteiger partial charge in [-0.1, -0.05) is 44.6 Å². The molecule has 0 aromatic rings. The average molecular weight is 380 g/mol. The number of esters is 1. The van der Waals surface area contributed by atoms with Crippen LogP contribution in [0.4, 0.5) is 0 Å². The summed E-state index contributed by atoms with van der Waals surface area (Å²) in [6.07, 6.45) is 15.4. The molecule has 0 aliphatic heterocycles. The summed E-state index contributed by atoms with van der Waals surface area (Å²) in [5, 5.41) is 28.1. The minimum Gasteiger partial charge on any atom is -0.368 e. The molecule has 6 nitrogen and oxygen atoms in total. The number of hydrogen-bond donors (Lipinski definition) is 1. The fraction of sp³-hybridized carbons (Fsp3) is 0.409. The van der Waals surface area contributed by atoms with Crippen LogP contribution in [0.5, 0.6) is 0 Å². The second kappa shape index (κ2) is 10.9. The number of nitrogens with zero attached hydrogens (tertiary/aromatic N) is 2. The van der Waals surface area contributed by atoms with Crippen LogP contribution in [0.25, 0.3) is 0 Å². The second-order valence-corrected chi connectivity index (χ2v) is 7.04. The topological polar surface area (TPSA) is 103 Å². The maximum atomic E-state index is 11.6. The number of hydrogen-bond acceptors (Lipinski definition) is 6. The Labute approximate surface area is 166 Å². The van der Waals surface area contributed by atoms with Crippen molar-refractivity contribution in [1.82, 2.24) is 0 Å². The molecular formula is C22H24N2O4. The molecule has 6 heteroatoms. The van der Waals surface area contributed by atoms with Gasteiger partial charge in [-0.3, -0.25) is 0 Å². The van der Waals surface area contributed by atoms with Crippen LogP contribution in [0.3, 0.4) is 0 Å². The number of carbonyl (C=O) groups is 1. The lowest BCUT2D eigenvalue weighted by Crippen LogP contribution is -2.21. The first-order valence-electron chi connectivity index (χ1n) is 8.82. The number of terminal acetylenes is 1. The molecule has 0 saturated carbocycles. The summed E-state index contributed by atoms with van der Waals surface area (Å²) in [7, 11) is 0. The number of nitriles is 2. The molecule has 28 heavy (non-hydrogen) atoms. The molecule has 0 aromatic heterocycles. The van der Waals surface area contributed by atoms with Gasteiger partial charge < -0.3 is 14.6 Å². The van der Waals surface area contributed by atoms with Gasteiger partial charge in [0.2, 0.25) is 0 Å². The van der Waals surface area contributed by atoms with E-state index in [2.05, 4.69) is 18.6 Å². The van der Waals surface area contributed by atoms with Crippen LogP contribution in [0.1, 0.15) is 33.6 Å². The fourth-order valence-corrected chi connectivity index (χ4v) is 2.88. The third-order valence-electron chi connectivity index (χ3n) is 4.00. The molecule has 0 saturated heterocycles. The molecule has 0 radical (unpaired) electrons. The van der Waals surface area contributed by atoms with Crippen molar-refractivity contribution < 1.29 is 19.4 Å². The van der Waals surface area contributed by atoms with Crippen LogP contribution in [0.2, 0.25) is 0 Å². The SMILES string of the molecule is C#COC(=O)C(C#N)=CC=C1C=C(C=CC(C#N)C(O)OCC)CC(C)(C)C1. The first-order valence-corrected chi connectivity index (χ1v) is 8.82. The Hall–Kier alpha value is -3.11. The lowest BCUT2D eigenvalue weighted by molar-refractivity contribution is -0.132. The van der Waals surface area contributed by atoms with Crippen LogP contribution in [-0.2, 0) is 14.3 Å². The molecule has 1 aliphatic carbocycles. The van der Waals surface area contributed by atoms with Gasteiger partial charge in [-0.2, -0.15) is 10.5 Å². The number of carbonyl (C=O) groups excluding carboxylic acids is 1. The maximum absolute atomic E-state index is 11.6. The minimum absolute atomic E-state index is 0.0547. The minimum atomic E-state index is -1.18. The molecule has 1 rings (SSSR count). The molecule has 1 N–H and O–H groups in total. The third-order valence-corrected chi connectivity index (χ3v) is 4.00. The summed E-state index contributed by atoms with van der Waals surface area (Å²) < 4.78 is 9.46. The van der Waals surface area contributed by atoms with E-state index in [9.17, 15) is 15.2 Å². The summed E-state index contributed by atoms with van der Waals surface area (Å²) in [6.45, 7) is 6.25. The van der Waals surface area contributed by atoms with Gasteiger partial charge in [0, 0.05) is 6.61 Å². The number of aliphatic hydroxyl groups is 1. The van der Waals surface area contributed by atoms with Crippen molar-refractivity contribution in [3.05, 3.63) is 47.1 Å². The predicted molar refractivity (Wildman–Crippen MR) is 104 cm³/mol. The van der Waals surface area contributed by atoms with Gasteiger partial charge >= 0.3 is 5.97 Å². The quantitative estimate of drug-likeness (QED) is 0.239. The smallest absolute Gasteiger partial charge is 0.362 e. The van der Waals surface area contributed by atoms with Crippen molar-refractivity contribution >= 4 is 5.97 Å². The van der Waals surface area contributed by atoms with Crippen molar-refractivity contribution in [3.8, 4) is 24.7 Å². The predicted octanol–water partition coefficient (Wildman–Crippen LogP) is 3.29. The Morgan fingerprint density at radius 2 is 2.14 bits per heavy atom. The van der Waals surface area contributed by atoms with E-state index in [1.807, 2.05) is 12.1 Å². The van der Waals surface area contributed by atoms with Crippen molar-refractivity contribution in [1.29, 1.82) is 10.5 Å². The summed E-state index contributed by atoms with van der Waals surface area (Å²) in [4.78, 5) is 11.6. The third kappa shape index (κ3) is 7.25. The molecule has 146 valence electrons. The molecule has 0 amide bonds. The fourth-order valence-electron chi connectivity index (χ4n) is 2.88. The zero-order chi connectivity index (χ0) is 21.2. The van der Waals surface area contributed by atoms with E-state index in [1.54, 1.807) is 37.3 Å². The Kier molecular flexibility index (Phi) is 8.93. The van der Waals surface area contributed by atoms with Gasteiger partial charge in [0.15, 0.2) is 6.29 Å². The Morgan fingerprint density at radius 1 is 1.43 bits per heavy atom. The zero-order valence-electron chi connectivity index (χ0n) is 16.3. The number of aliphatic hydroxyl groups excluding tert-OH is 1. The summed E-state index contributed by atoms with van der Waals surface area (Å²) >= 11 is 0. The second-order valence-electron chi connectivity index (χ2n) is 7.04. The monoisotopic (exact) mass is 380 g/mol. The Balaban J connectivity index is 3.11. The highest BCUT2D eigenvalue weighted by atomic mass is 16.6. The van der Waals surface area contributed by atoms with Crippen molar-refractivity contribution in [2.75, 3.05) is 6.61 Å². The highest BCUT2D eigenvalue weighted by Crippen LogP contribution is 2.38. The highest BCUT2D eigenvalue weighted by molar-refractivity contribution is 5.93. The maximum Gasteiger partial charge on any atom is 0.362 e. The molecular weight excluding hydrogens is 356 g/mol. The van der Waals surface area contributed by atoms with Crippen molar-refractivity contribution in [2.24, 2.45) is 11.3 Å². The van der Waals surface area contributed by atoms with E-state index in [4.69, 9.17) is 16.4 Å². The van der Waals surface area contributed by atoms with Crippen LogP contribution in [0, 0.1) is 46.5 Å². The van der Waals surface area contributed by atoms with Crippen LogP contribution >= 0.6 is 0 Å². The molecule has 2 atom stereocenters. The number of allylic oxidation sites excluding steroid dienone is 6. The van der Waals surface area contributed by atoms with Gasteiger partial charge in [0.05, 0.1) is 6.07 Å². The van der Waals surface area contributed by atoms with Gasteiger partial charge in [-0.15, -0.1) is 0 Å². The Morgan fingerprint density at radius 3 is 2.71 bits per heavy atom. The largest absolute Gasteiger partial charge is 0.368 e. The summed E-state index contributed by atoms with van der Waals surface area (Å²) in [6, 6.07) is 3.78. The summed E-state index contributed by atoms with van der Waals surface area (Å²) in [5.41, 5.74) is 1.63. The van der Waals surface area contributed by atoms with E-state index in [1.165, 1.54) is 6.08 Å². The molecule has 0 bridgehead atoms. The molecule has 0 fully saturated rings. The molecule has 0 heterocycles. The van der Waals surface area contributed by atoms with Gasteiger partial charge in [-0.25, -0.2) is 4.79 Å². The lowest BCUT2D eigenvalue weighted by atomic mass is 9.75. The van der Waals surface area contributed by atoms with Gasteiger partial charge in [0.1, 0.15) is 23.7 Å². The van der Waals surface area contributed by atoms with E-state index in [0.717, 1.165) is 24.0 Å². The normalized spacial score (nSPS) is 19.8. The molecule has 1 aliphatic rings. The van der Waals surface area contributed by atoms with Crippen LogP contribution < -0.4 is 0 Å². The highest BCUT2D eigenvalue weighted by Gasteiger charge is 2.25. The first kappa shape index (κ1) is 22.9. The van der Waals surface area contributed by atoms with E-state index in [0.29, 0.717) is 6.61 Å². The zero-order valence-corrected chi connectivity index (χ0v) is 16.3. The van der Waals surface area contributed by atoms with Crippen LogP contribution in [0.15, 0.2) is 47.1 Å². The van der Waals surface area contributed by atoms with Crippen LogP contribution in [-0.4, -0.2) is 24.0 Å². The van der Waals surface area contributed by atoms with Gasteiger partial charge in [-0.05, 0) is 42.4 Å². The molecule has 2 unspecified atom stereocenters. The number of rotatable bonds is 7. The average Bonchev–Trinajstić information content (AvgIpc) is 2.62. The first-order chi connectivity index (χ1) is 13.3. The number of ether oxygens (including phenoxy) is 2. The van der Waals surface area contributed by atoms with E-state index < -0.39 is 18.2 Å². The Bertz CT molecular complexity index is 826.